The van der Waals surface area contributed by atoms with E-state index in [0.717, 1.165) is 31.5 Å². The number of methoxy groups -OCH3 is 1. The average Bonchev–Trinajstić information content (AvgIpc) is 2.57. The SMILES string of the molecule is CNC1CCCN(C(C)C(=O)Nc2cc(C)c(Cl)cc2OC)C1.Cl. The number of halogens is 2. The van der Waals surface area contributed by atoms with Crippen LogP contribution in [0.2, 0.25) is 5.02 Å². The van der Waals surface area contributed by atoms with Crippen molar-refractivity contribution in [3.8, 4) is 5.75 Å². The number of anilines is 1. The minimum Gasteiger partial charge on any atom is -0.495 e. The van der Waals surface area contributed by atoms with Crippen LogP contribution in [0.3, 0.4) is 0 Å². The zero-order chi connectivity index (χ0) is 17.0. The number of carbonyl (C=O) groups is 1. The van der Waals surface area contributed by atoms with Crippen molar-refractivity contribution < 1.29 is 9.53 Å². The summed E-state index contributed by atoms with van der Waals surface area (Å²) < 4.78 is 5.32. The molecule has 1 aliphatic heterocycles. The maximum Gasteiger partial charge on any atom is 0.241 e. The lowest BCUT2D eigenvalue weighted by atomic mass is 10.0. The van der Waals surface area contributed by atoms with Gasteiger partial charge in [-0.1, -0.05) is 11.6 Å². The minimum atomic E-state index is -0.188. The fourth-order valence-corrected chi connectivity index (χ4v) is 3.08. The van der Waals surface area contributed by atoms with Crippen molar-refractivity contribution in [2.75, 3.05) is 32.6 Å². The van der Waals surface area contributed by atoms with Crippen molar-refractivity contribution in [3.63, 3.8) is 0 Å². The van der Waals surface area contributed by atoms with E-state index in [-0.39, 0.29) is 24.4 Å². The lowest BCUT2D eigenvalue weighted by molar-refractivity contribution is -0.121. The number of hydrogen-bond acceptors (Lipinski definition) is 4. The Hall–Kier alpha value is -1.01. The molecule has 1 amide bonds. The van der Waals surface area contributed by atoms with Crippen molar-refractivity contribution in [2.24, 2.45) is 0 Å². The van der Waals surface area contributed by atoms with E-state index in [4.69, 9.17) is 16.3 Å². The molecule has 1 aliphatic rings. The van der Waals surface area contributed by atoms with Crippen molar-refractivity contribution >= 4 is 35.6 Å². The lowest BCUT2D eigenvalue weighted by Crippen LogP contribution is -2.51. The van der Waals surface area contributed by atoms with E-state index in [1.807, 2.05) is 27.0 Å². The van der Waals surface area contributed by atoms with E-state index in [1.165, 1.54) is 0 Å². The molecule has 1 fully saturated rings. The second-order valence-electron chi connectivity index (χ2n) is 6.09. The van der Waals surface area contributed by atoms with Crippen LogP contribution in [0, 0.1) is 6.92 Å². The molecule has 0 bridgehead atoms. The standard InChI is InChI=1S/C17H26ClN3O2.ClH/c1-11-8-15(16(23-4)9-14(11)18)20-17(22)12(2)21-7-5-6-13(10-21)19-3;/h8-9,12-13,19H,5-7,10H2,1-4H3,(H,20,22);1H. The molecule has 2 rings (SSSR count). The van der Waals surface area contributed by atoms with Crippen LogP contribution in [0.4, 0.5) is 5.69 Å². The highest BCUT2D eigenvalue weighted by Crippen LogP contribution is 2.31. The Morgan fingerprint density at radius 3 is 2.79 bits per heavy atom. The van der Waals surface area contributed by atoms with E-state index in [1.54, 1.807) is 13.2 Å². The fraction of sp³-hybridized carbons (Fsp3) is 0.588. The summed E-state index contributed by atoms with van der Waals surface area (Å²) in [5.41, 5.74) is 1.57. The van der Waals surface area contributed by atoms with Gasteiger partial charge in [0.25, 0.3) is 0 Å². The van der Waals surface area contributed by atoms with Crippen LogP contribution in [0.1, 0.15) is 25.3 Å². The first-order valence-corrected chi connectivity index (χ1v) is 8.40. The third-order valence-corrected chi connectivity index (χ3v) is 4.93. The van der Waals surface area contributed by atoms with Gasteiger partial charge >= 0.3 is 0 Å². The van der Waals surface area contributed by atoms with Crippen molar-refractivity contribution in [1.29, 1.82) is 0 Å². The highest BCUT2D eigenvalue weighted by atomic mass is 35.5. The molecule has 1 saturated heterocycles. The van der Waals surface area contributed by atoms with Gasteiger partial charge in [-0.15, -0.1) is 12.4 Å². The normalized spacial score (nSPS) is 19.3. The number of aryl methyl sites for hydroxylation is 1. The van der Waals surface area contributed by atoms with E-state index in [9.17, 15) is 4.79 Å². The summed E-state index contributed by atoms with van der Waals surface area (Å²) in [6.07, 6.45) is 2.26. The number of likely N-dealkylation sites (N-methyl/N-ethyl adjacent to an activating group) is 1. The number of likely N-dealkylation sites (tertiary alicyclic amines) is 1. The van der Waals surface area contributed by atoms with E-state index in [2.05, 4.69) is 15.5 Å². The van der Waals surface area contributed by atoms with E-state index in [0.29, 0.717) is 22.5 Å². The molecule has 0 radical (unpaired) electrons. The van der Waals surface area contributed by atoms with Gasteiger partial charge in [0.15, 0.2) is 0 Å². The van der Waals surface area contributed by atoms with Crippen molar-refractivity contribution in [1.82, 2.24) is 10.2 Å². The quantitative estimate of drug-likeness (QED) is 0.829. The third-order valence-electron chi connectivity index (χ3n) is 4.53. The Kier molecular flexibility index (Phi) is 8.30. The molecule has 2 N–H and O–H groups in total. The van der Waals surface area contributed by atoms with E-state index >= 15 is 0 Å². The molecule has 1 heterocycles. The summed E-state index contributed by atoms with van der Waals surface area (Å²) >= 11 is 6.11. The highest BCUT2D eigenvalue weighted by Gasteiger charge is 2.27. The van der Waals surface area contributed by atoms with Gasteiger partial charge in [0.2, 0.25) is 5.91 Å². The number of carbonyl (C=O) groups excluding carboxylic acids is 1. The molecule has 1 aromatic carbocycles. The van der Waals surface area contributed by atoms with Crippen molar-refractivity contribution in [3.05, 3.63) is 22.7 Å². The predicted octanol–water partition coefficient (Wildman–Crippen LogP) is 3.09. The molecule has 2 unspecified atom stereocenters. The number of hydrogen-bond donors (Lipinski definition) is 2. The molecule has 136 valence electrons. The number of ether oxygens (including phenoxy) is 1. The smallest absolute Gasteiger partial charge is 0.241 e. The van der Waals surface area contributed by atoms with Gasteiger partial charge < -0.3 is 15.4 Å². The second kappa shape index (κ2) is 9.47. The first-order chi connectivity index (χ1) is 11.0. The van der Waals surface area contributed by atoms with Crippen LogP contribution < -0.4 is 15.4 Å². The zero-order valence-corrected chi connectivity index (χ0v) is 16.3. The average molecular weight is 376 g/mol. The third kappa shape index (κ3) is 4.99. The summed E-state index contributed by atoms with van der Waals surface area (Å²) in [5.74, 6) is 0.551. The first kappa shape index (κ1) is 21.0. The molecule has 0 aliphatic carbocycles. The number of nitrogens with one attached hydrogen (secondary N) is 2. The molecule has 0 saturated carbocycles. The van der Waals surface area contributed by atoms with Crippen LogP contribution in [0.15, 0.2) is 12.1 Å². The predicted molar refractivity (Wildman–Crippen MR) is 102 cm³/mol. The highest BCUT2D eigenvalue weighted by molar-refractivity contribution is 6.31. The van der Waals surface area contributed by atoms with Gasteiger partial charge in [-0.2, -0.15) is 0 Å². The number of amides is 1. The molecule has 2 atom stereocenters. The lowest BCUT2D eigenvalue weighted by Gasteiger charge is -2.36. The maximum atomic E-state index is 12.6. The molecule has 1 aromatic rings. The largest absolute Gasteiger partial charge is 0.495 e. The van der Waals surface area contributed by atoms with Crippen LogP contribution in [-0.4, -0.2) is 50.1 Å². The topological polar surface area (TPSA) is 53.6 Å². The van der Waals surface area contributed by atoms with Gasteiger partial charge in [0.1, 0.15) is 5.75 Å². The Morgan fingerprint density at radius 2 is 2.17 bits per heavy atom. The van der Waals surface area contributed by atoms with E-state index < -0.39 is 0 Å². The number of piperidine rings is 1. The number of rotatable bonds is 5. The molecule has 5 nitrogen and oxygen atoms in total. The summed E-state index contributed by atoms with van der Waals surface area (Å²) in [5, 5.41) is 6.90. The molecular formula is C17H27Cl2N3O2. The summed E-state index contributed by atoms with van der Waals surface area (Å²) in [6, 6.07) is 3.84. The van der Waals surface area contributed by atoms with Gasteiger partial charge in [-0.25, -0.2) is 0 Å². The number of nitrogens with zero attached hydrogens (tertiary/aromatic N) is 1. The van der Waals surface area contributed by atoms with Crippen LogP contribution in [-0.2, 0) is 4.79 Å². The molecule has 0 aromatic heterocycles. The Morgan fingerprint density at radius 1 is 1.46 bits per heavy atom. The summed E-state index contributed by atoms with van der Waals surface area (Å²) in [4.78, 5) is 14.8. The van der Waals surface area contributed by atoms with Gasteiger partial charge in [0.05, 0.1) is 18.8 Å². The number of benzene rings is 1. The Balaban J connectivity index is 0.00000288. The summed E-state index contributed by atoms with van der Waals surface area (Å²) in [6.45, 7) is 5.69. The maximum absolute atomic E-state index is 12.6. The molecule has 7 heteroatoms. The molecule has 0 spiro atoms. The molecule has 24 heavy (non-hydrogen) atoms. The van der Waals surface area contributed by atoms with Crippen LogP contribution in [0.25, 0.3) is 0 Å². The van der Waals surface area contributed by atoms with Gasteiger partial charge in [-0.05, 0) is 51.9 Å². The fourth-order valence-electron chi connectivity index (χ4n) is 2.93. The Labute approximate surface area is 155 Å². The van der Waals surface area contributed by atoms with Gasteiger partial charge in [-0.3, -0.25) is 9.69 Å². The van der Waals surface area contributed by atoms with Crippen LogP contribution >= 0.6 is 24.0 Å². The van der Waals surface area contributed by atoms with Crippen molar-refractivity contribution in [2.45, 2.75) is 38.8 Å². The minimum absolute atomic E-state index is 0. The molecular weight excluding hydrogens is 349 g/mol. The van der Waals surface area contributed by atoms with Crippen LogP contribution in [0.5, 0.6) is 5.75 Å². The first-order valence-electron chi connectivity index (χ1n) is 8.02. The second-order valence-corrected chi connectivity index (χ2v) is 6.50. The monoisotopic (exact) mass is 375 g/mol. The zero-order valence-electron chi connectivity index (χ0n) is 14.7. The summed E-state index contributed by atoms with van der Waals surface area (Å²) in [7, 11) is 3.54. The Bertz CT molecular complexity index is 569. The van der Waals surface area contributed by atoms with Gasteiger partial charge in [0, 0.05) is 23.7 Å².